The van der Waals surface area contributed by atoms with Gasteiger partial charge in [0.05, 0.1) is 11.4 Å². The third-order valence-corrected chi connectivity index (χ3v) is 1.17. The third kappa shape index (κ3) is 0.877. The van der Waals surface area contributed by atoms with Crippen LogP contribution in [-0.2, 0) is 0 Å². The molecule has 0 heterocycles. The van der Waals surface area contributed by atoms with Gasteiger partial charge in [-0.1, -0.05) is 0 Å². The number of anilines is 2. The predicted molar refractivity (Wildman–Crippen MR) is 35.2 cm³/mol. The zero-order chi connectivity index (χ0) is 7.72. The van der Waals surface area contributed by atoms with Gasteiger partial charge in [-0.2, -0.15) is 0 Å². The molecule has 0 saturated heterocycles. The number of halogens is 2. The fourth-order valence-electron chi connectivity index (χ4n) is 0.581. The molecule has 1 aromatic rings. The highest BCUT2D eigenvalue weighted by Crippen LogP contribution is 2.20. The highest BCUT2D eigenvalue weighted by atomic mass is 19.2. The molecule has 10 heavy (non-hydrogen) atoms. The maximum atomic E-state index is 12.4. The number of hydrogen-bond acceptors (Lipinski definition) is 2. The molecule has 4 heteroatoms. The Hall–Kier alpha value is -1.32. The van der Waals surface area contributed by atoms with Crippen LogP contribution in [0.2, 0.25) is 0 Å². The minimum absolute atomic E-state index is 0.0545. The van der Waals surface area contributed by atoms with E-state index in [0.29, 0.717) is 0 Å². The topological polar surface area (TPSA) is 52.0 Å². The smallest absolute Gasteiger partial charge is 0.183 e. The van der Waals surface area contributed by atoms with Crippen LogP contribution in [0.5, 0.6) is 0 Å². The van der Waals surface area contributed by atoms with Crippen LogP contribution in [-0.4, -0.2) is 0 Å². The lowest BCUT2D eigenvalue weighted by atomic mass is 10.2. The van der Waals surface area contributed by atoms with Gasteiger partial charge in [0.15, 0.2) is 11.6 Å². The SMILES string of the molecule is Nc1ccc(F)c(F)c1N. The molecule has 0 aromatic heterocycles. The van der Waals surface area contributed by atoms with Crippen LogP contribution in [0.15, 0.2) is 12.1 Å². The molecule has 4 N–H and O–H groups in total. The number of hydrogen-bond donors (Lipinski definition) is 2. The minimum Gasteiger partial charge on any atom is -0.397 e. The lowest BCUT2D eigenvalue weighted by molar-refractivity contribution is 0.512. The van der Waals surface area contributed by atoms with Gasteiger partial charge < -0.3 is 11.5 Å². The molecule has 0 fully saturated rings. The van der Waals surface area contributed by atoms with Crippen molar-refractivity contribution in [2.45, 2.75) is 0 Å². The van der Waals surface area contributed by atoms with Crippen LogP contribution in [0, 0.1) is 11.6 Å². The Labute approximate surface area is 56.4 Å². The monoisotopic (exact) mass is 144 g/mol. The summed E-state index contributed by atoms with van der Waals surface area (Å²) < 4.78 is 24.7. The van der Waals surface area contributed by atoms with E-state index in [0.717, 1.165) is 6.07 Å². The minimum atomic E-state index is -1.08. The standard InChI is InChI=1S/C6H6F2N2/c7-3-1-2-4(9)6(10)5(3)8/h1-2H,9-10H2. The zero-order valence-electron chi connectivity index (χ0n) is 5.07. The zero-order valence-corrected chi connectivity index (χ0v) is 5.07. The molecular formula is C6H6F2N2. The van der Waals surface area contributed by atoms with Crippen molar-refractivity contribution < 1.29 is 8.78 Å². The second-order valence-electron chi connectivity index (χ2n) is 1.86. The first-order valence-corrected chi connectivity index (χ1v) is 2.62. The van der Waals surface area contributed by atoms with E-state index in [2.05, 4.69) is 0 Å². The Balaban J connectivity index is 3.34. The maximum absolute atomic E-state index is 12.4. The van der Waals surface area contributed by atoms with E-state index in [1.54, 1.807) is 0 Å². The predicted octanol–water partition coefficient (Wildman–Crippen LogP) is 1.13. The molecule has 0 spiro atoms. The summed E-state index contributed by atoms with van der Waals surface area (Å²) in [7, 11) is 0. The van der Waals surface area contributed by atoms with Crippen molar-refractivity contribution in [2.24, 2.45) is 0 Å². The fraction of sp³-hybridized carbons (Fsp3) is 0. The summed E-state index contributed by atoms with van der Waals surface area (Å²) in [6, 6.07) is 2.15. The largest absolute Gasteiger partial charge is 0.397 e. The molecule has 0 aliphatic heterocycles. The molecule has 0 atom stereocenters. The van der Waals surface area contributed by atoms with Crippen molar-refractivity contribution >= 4 is 11.4 Å². The number of benzene rings is 1. The number of nitrogen functional groups attached to an aromatic ring is 2. The van der Waals surface area contributed by atoms with Crippen LogP contribution in [0.25, 0.3) is 0 Å². The number of nitrogens with two attached hydrogens (primary N) is 2. The highest BCUT2D eigenvalue weighted by Gasteiger charge is 2.06. The third-order valence-electron chi connectivity index (χ3n) is 1.17. The lowest BCUT2D eigenvalue weighted by Crippen LogP contribution is -1.99. The van der Waals surface area contributed by atoms with Gasteiger partial charge in [-0.15, -0.1) is 0 Å². The van der Waals surface area contributed by atoms with Gasteiger partial charge in [-0.3, -0.25) is 0 Å². The van der Waals surface area contributed by atoms with Crippen molar-refractivity contribution in [2.75, 3.05) is 11.5 Å². The van der Waals surface area contributed by atoms with E-state index in [-0.39, 0.29) is 11.4 Å². The number of rotatable bonds is 0. The molecule has 0 bridgehead atoms. The molecule has 0 amide bonds. The quantitative estimate of drug-likeness (QED) is 0.536. The summed E-state index contributed by atoms with van der Waals surface area (Å²) >= 11 is 0. The van der Waals surface area contributed by atoms with Gasteiger partial charge in [0.2, 0.25) is 0 Å². The van der Waals surface area contributed by atoms with Gasteiger partial charge in [0.25, 0.3) is 0 Å². The van der Waals surface area contributed by atoms with Gasteiger partial charge in [0, 0.05) is 0 Å². The molecule has 1 aromatic carbocycles. The molecule has 0 saturated carbocycles. The lowest BCUT2D eigenvalue weighted by Gasteiger charge is -1.99. The summed E-state index contributed by atoms with van der Waals surface area (Å²) in [4.78, 5) is 0. The summed E-state index contributed by atoms with van der Waals surface area (Å²) in [6.45, 7) is 0. The molecule has 0 aliphatic carbocycles. The Morgan fingerprint density at radius 1 is 1.10 bits per heavy atom. The molecule has 0 aliphatic rings. The molecule has 1 rings (SSSR count). The summed E-state index contributed by atoms with van der Waals surface area (Å²) in [6.07, 6.45) is 0. The molecule has 2 nitrogen and oxygen atoms in total. The highest BCUT2D eigenvalue weighted by molar-refractivity contribution is 5.63. The van der Waals surface area contributed by atoms with E-state index in [1.807, 2.05) is 0 Å². The summed E-state index contributed by atoms with van der Waals surface area (Å²) in [5, 5.41) is 0. The molecular weight excluding hydrogens is 138 g/mol. The summed E-state index contributed by atoms with van der Waals surface area (Å²) in [5.41, 5.74) is 9.92. The second-order valence-corrected chi connectivity index (χ2v) is 1.86. The Kier molecular flexibility index (Phi) is 1.45. The molecule has 54 valence electrons. The van der Waals surface area contributed by atoms with Gasteiger partial charge >= 0.3 is 0 Å². The van der Waals surface area contributed by atoms with Gasteiger partial charge in [-0.05, 0) is 12.1 Å². The Morgan fingerprint density at radius 3 is 2.20 bits per heavy atom. The fourth-order valence-corrected chi connectivity index (χ4v) is 0.581. The summed E-state index contributed by atoms with van der Waals surface area (Å²) in [5.74, 6) is -2.06. The Bertz CT molecular complexity index is 233. The van der Waals surface area contributed by atoms with Crippen molar-refractivity contribution in [3.63, 3.8) is 0 Å². The van der Waals surface area contributed by atoms with E-state index < -0.39 is 11.6 Å². The van der Waals surface area contributed by atoms with Gasteiger partial charge in [0.1, 0.15) is 0 Å². The first kappa shape index (κ1) is 6.80. The van der Waals surface area contributed by atoms with Crippen molar-refractivity contribution in [3.8, 4) is 0 Å². The van der Waals surface area contributed by atoms with Crippen molar-refractivity contribution in [1.29, 1.82) is 0 Å². The van der Waals surface area contributed by atoms with E-state index >= 15 is 0 Å². The van der Waals surface area contributed by atoms with Crippen molar-refractivity contribution in [3.05, 3.63) is 23.8 Å². The van der Waals surface area contributed by atoms with Crippen molar-refractivity contribution in [1.82, 2.24) is 0 Å². The maximum Gasteiger partial charge on any atom is 0.183 e. The van der Waals surface area contributed by atoms with Crippen LogP contribution in [0.3, 0.4) is 0 Å². The van der Waals surface area contributed by atoms with Crippen LogP contribution < -0.4 is 11.5 Å². The molecule has 0 radical (unpaired) electrons. The average Bonchev–Trinajstić information content (AvgIpc) is 1.93. The Morgan fingerprint density at radius 2 is 1.70 bits per heavy atom. The van der Waals surface area contributed by atoms with Crippen LogP contribution >= 0.6 is 0 Å². The van der Waals surface area contributed by atoms with E-state index in [1.165, 1.54) is 6.07 Å². The average molecular weight is 144 g/mol. The van der Waals surface area contributed by atoms with Crippen LogP contribution in [0.4, 0.5) is 20.2 Å². The van der Waals surface area contributed by atoms with E-state index in [4.69, 9.17) is 11.5 Å². The van der Waals surface area contributed by atoms with Crippen LogP contribution in [0.1, 0.15) is 0 Å². The van der Waals surface area contributed by atoms with E-state index in [9.17, 15) is 8.78 Å². The first-order chi connectivity index (χ1) is 4.63. The first-order valence-electron chi connectivity index (χ1n) is 2.62. The van der Waals surface area contributed by atoms with Gasteiger partial charge in [-0.25, -0.2) is 8.78 Å². The molecule has 0 unspecified atom stereocenters. The normalized spacial score (nSPS) is 9.80. The second kappa shape index (κ2) is 2.13.